The normalized spacial score (nSPS) is 10.5. The van der Waals surface area contributed by atoms with Gasteiger partial charge in [-0.05, 0) is 31.2 Å². The second-order valence-electron chi connectivity index (χ2n) is 4.19. The minimum atomic E-state index is -0.0862. The van der Waals surface area contributed by atoms with E-state index in [1.807, 2.05) is 19.1 Å². The predicted octanol–water partition coefficient (Wildman–Crippen LogP) is 4.03. The first kappa shape index (κ1) is 14.3. The van der Waals surface area contributed by atoms with Gasteiger partial charge in [-0.2, -0.15) is 0 Å². The second kappa shape index (κ2) is 5.90. The maximum atomic E-state index is 12.3. The summed E-state index contributed by atoms with van der Waals surface area (Å²) in [5.41, 5.74) is 1.27. The van der Waals surface area contributed by atoms with Crippen molar-refractivity contribution < 1.29 is 4.79 Å². The lowest BCUT2D eigenvalue weighted by molar-refractivity contribution is 0.0786. The van der Waals surface area contributed by atoms with Crippen molar-refractivity contribution in [3.05, 3.63) is 49.9 Å². The van der Waals surface area contributed by atoms with Gasteiger partial charge in [0, 0.05) is 23.2 Å². The number of carbonyl (C=O) groups is 1. The molecule has 0 radical (unpaired) electrons. The maximum Gasteiger partial charge on any atom is 0.254 e. The zero-order chi connectivity index (χ0) is 14.0. The van der Waals surface area contributed by atoms with Crippen LogP contribution in [0.25, 0.3) is 0 Å². The average molecular weight is 315 g/mol. The van der Waals surface area contributed by atoms with E-state index in [0.29, 0.717) is 17.3 Å². The highest BCUT2D eigenvalue weighted by molar-refractivity contribution is 7.16. The molecular weight excluding hydrogens is 303 g/mol. The molecule has 2 heterocycles. The Labute approximate surface area is 125 Å². The Morgan fingerprint density at radius 2 is 2.11 bits per heavy atom. The highest BCUT2D eigenvalue weighted by atomic mass is 35.5. The van der Waals surface area contributed by atoms with Gasteiger partial charge < -0.3 is 4.90 Å². The minimum Gasteiger partial charge on any atom is -0.337 e. The number of hydrogen-bond acceptors (Lipinski definition) is 3. The molecule has 0 aromatic carbocycles. The van der Waals surface area contributed by atoms with Crippen molar-refractivity contribution in [2.45, 2.75) is 13.5 Å². The van der Waals surface area contributed by atoms with Gasteiger partial charge in [0.1, 0.15) is 5.15 Å². The van der Waals surface area contributed by atoms with Crippen LogP contribution in [0.4, 0.5) is 0 Å². The summed E-state index contributed by atoms with van der Waals surface area (Å²) < 4.78 is 0.721. The van der Waals surface area contributed by atoms with Gasteiger partial charge in [0.05, 0.1) is 10.9 Å². The molecule has 0 aliphatic carbocycles. The SMILES string of the molecule is Cc1cc(C(=O)N(C)Cc2ccc(Cl)s2)cc(Cl)n1. The van der Waals surface area contributed by atoms with Crippen LogP contribution in [0.15, 0.2) is 24.3 Å². The van der Waals surface area contributed by atoms with Crippen molar-refractivity contribution in [2.24, 2.45) is 0 Å². The van der Waals surface area contributed by atoms with Crippen LogP contribution in [0.2, 0.25) is 9.49 Å². The Kier molecular flexibility index (Phi) is 4.45. The van der Waals surface area contributed by atoms with Gasteiger partial charge >= 0.3 is 0 Å². The third-order valence-electron chi connectivity index (χ3n) is 2.54. The molecule has 6 heteroatoms. The molecule has 1 amide bonds. The number of amides is 1. The van der Waals surface area contributed by atoms with E-state index in [1.165, 1.54) is 11.3 Å². The van der Waals surface area contributed by atoms with E-state index in [9.17, 15) is 4.79 Å². The lowest BCUT2D eigenvalue weighted by atomic mass is 10.2. The molecule has 19 heavy (non-hydrogen) atoms. The lowest BCUT2D eigenvalue weighted by Crippen LogP contribution is -2.26. The Bertz CT molecular complexity index is 592. The third-order valence-corrected chi connectivity index (χ3v) is 3.95. The summed E-state index contributed by atoms with van der Waals surface area (Å²) in [6.07, 6.45) is 0. The topological polar surface area (TPSA) is 33.2 Å². The molecule has 0 unspecified atom stereocenters. The quantitative estimate of drug-likeness (QED) is 0.801. The monoisotopic (exact) mass is 314 g/mol. The van der Waals surface area contributed by atoms with Gasteiger partial charge in [0.25, 0.3) is 5.91 Å². The van der Waals surface area contributed by atoms with Crippen LogP contribution < -0.4 is 0 Å². The highest BCUT2D eigenvalue weighted by Gasteiger charge is 2.14. The molecule has 0 bridgehead atoms. The van der Waals surface area contributed by atoms with Crippen molar-refractivity contribution in [2.75, 3.05) is 7.05 Å². The number of aromatic nitrogens is 1. The van der Waals surface area contributed by atoms with Crippen LogP contribution in [0.3, 0.4) is 0 Å². The highest BCUT2D eigenvalue weighted by Crippen LogP contribution is 2.23. The first-order chi connectivity index (χ1) is 8.95. The minimum absolute atomic E-state index is 0.0862. The average Bonchev–Trinajstić information content (AvgIpc) is 2.72. The fourth-order valence-corrected chi connectivity index (χ4v) is 3.11. The number of rotatable bonds is 3. The Balaban J connectivity index is 2.14. The number of hydrogen-bond donors (Lipinski definition) is 0. The van der Waals surface area contributed by atoms with Crippen molar-refractivity contribution >= 4 is 40.4 Å². The fraction of sp³-hybridized carbons (Fsp3) is 0.231. The van der Waals surface area contributed by atoms with Crippen LogP contribution in [-0.4, -0.2) is 22.8 Å². The molecule has 0 saturated carbocycles. The first-order valence-electron chi connectivity index (χ1n) is 5.59. The Hall–Kier alpha value is -1.10. The van der Waals surface area contributed by atoms with E-state index in [-0.39, 0.29) is 5.91 Å². The number of halogens is 2. The second-order valence-corrected chi connectivity index (χ2v) is 6.37. The fourth-order valence-electron chi connectivity index (χ4n) is 1.71. The van der Waals surface area contributed by atoms with Crippen LogP contribution in [0.1, 0.15) is 20.9 Å². The Morgan fingerprint density at radius 1 is 1.37 bits per heavy atom. The first-order valence-corrected chi connectivity index (χ1v) is 7.17. The summed E-state index contributed by atoms with van der Waals surface area (Å²) in [5, 5.41) is 0.330. The number of carbonyl (C=O) groups excluding carboxylic acids is 1. The van der Waals surface area contributed by atoms with Gasteiger partial charge in [0.2, 0.25) is 0 Å². The van der Waals surface area contributed by atoms with E-state index in [2.05, 4.69) is 4.98 Å². The van der Waals surface area contributed by atoms with Crippen LogP contribution >= 0.6 is 34.5 Å². The molecule has 2 rings (SSSR count). The summed E-state index contributed by atoms with van der Waals surface area (Å²) in [5.74, 6) is -0.0862. The molecule has 0 N–H and O–H groups in total. The van der Waals surface area contributed by atoms with E-state index in [1.54, 1.807) is 24.1 Å². The van der Waals surface area contributed by atoms with Gasteiger partial charge in [-0.15, -0.1) is 11.3 Å². The van der Waals surface area contributed by atoms with Gasteiger partial charge in [-0.1, -0.05) is 23.2 Å². The smallest absolute Gasteiger partial charge is 0.254 e. The largest absolute Gasteiger partial charge is 0.337 e. The van der Waals surface area contributed by atoms with Crippen LogP contribution in [0.5, 0.6) is 0 Å². The molecule has 0 saturated heterocycles. The molecule has 0 aliphatic heterocycles. The maximum absolute atomic E-state index is 12.3. The number of aryl methyl sites for hydroxylation is 1. The van der Waals surface area contributed by atoms with E-state index in [0.717, 1.165) is 14.9 Å². The third kappa shape index (κ3) is 3.69. The molecular formula is C13H12Cl2N2OS. The molecule has 0 spiro atoms. The van der Waals surface area contributed by atoms with Crippen molar-refractivity contribution in [1.29, 1.82) is 0 Å². The summed E-state index contributed by atoms with van der Waals surface area (Å²) in [6, 6.07) is 7.05. The van der Waals surface area contributed by atoms with Gasteiger partial charge in [-0.3, -0.25) is 4.79 Å². The zero-order valence-electron chi connectivity index (χ0n) is 10.5. The summed E-state index contributed by atoms with van der Waals surface area (Å²) in [4.78, 5) is 19.0. The molecule has 100 valence electrons. The van der Waals surface area contributed by atoms with Crippen molar-refractivity contribution in [1.82, 2.24) is 9.88 Å². The molecule has 0 atom stereocenters. The summed E-state index contributed by atoms with van der Waals surface area (Å²) in [6.45, 7) is 2.33. The van der Waals surface area contributed by atoms with Crippen LogP contribution in [0, 0.1) is 6.92 Å². The number of thiophene rings is 1. The molecule has 0 aliphatic rings. The zero-order valence-corrected chi connectivity index (χ0v) is 12.8. The lowest BCUT2D eigenvalue weighted by Gasteiger charge is -2.16. The number of nitrogens with zero attached hydrogens (tertiary/aromatic N) is 2. The standard InChI is InChI=1S/C13H12Cl2N2OS/c1-8-5-9(6-11(14)16-8)13(18)17(2)7-10-3-4-12(15)19-10/h3-6H,7H2,1-2H3. The number of pyridine rings is 1. The van der Waals surface area contributed by atoms with Gasteiger partial charge in [-0.25, -0.2) is 4.98 Å². The molecule has 3 nitrogen and oxygen atoms in total. The molecule has 2 aromatic rings. The summed E-state index contributed by atoms with van der Waals surface area (Å²) in [7, 11) is 1.75. The van der Waals surface area contributed by atoms with E-state index in [4.69, 9.17) is 23.2 Å². The molecule has 0 fully saturated rings. The predicted molar refractivity (Wildman–Crippen MR) is 79.1 cm³/mol. The van der Waals surface area contributed by atoms with E-state index >= 15 is 0 Å². The van der Waals surface area contributed by atoms with Crippen molar-refractivity contribution in [3.8, 4) is 0 Å². The summed E-state index contributed by atoms with van der Waals surface area (Å²) >= 11 is 13.2. The van der Waals surface area contributed by atoms with E-state index < -0.39 is 0 Å². The Morgan fingerprint density at radius 3 is 2.68 bits per heavy atom. The van der Waals surface area contributed by atoms with Crippen molar-refractivity contribution in [3.63, 3.8) is 0 Å². The van der Waals surface area contributed by atoms with Gasteiger partial charge in [0.15, 0.2) is 0 Å². The molecule has 2 aromatic heterocycles. The van der Waals surface area contributed by atoms with Crippen LogP contribution in [-0.2, 0) is 6.54 Å².